The maximum Gasteiger partial charge on any atom is 0.181 e. The molecule has 0 aliphatic heterocycles. The number of rotatable bonds is 3. The molecule has 6 heteroatoms. The van der Waals surface area contributed by atoms with Crippen molar-refractivity contribution in [2.45, 2.75) is 26.7 Å². The topological polar surface area (TPSA) is 50.7 Å². The van der Waals surface area contributed by atoms with E-state index in [1.54, 1.807) is 6.20 Å². The van der Waals surface area contributed by atoms with Crippen LogP contribution in [0.15, 0.2) is 21.2 Å². The predicted molar refractivity (Wildman–Crippen MR) is 89.0 cm³/mol. The fourth-order valence-corrected chi connectivity index (χ4v) is 3.31. The summed E-state index contributed by atoms with van der Waals surface area (Å²) in [5, 5.41) is 3.16. The van der Waals surface area contributed by atoms with E-state index in [0.29, 0.717) is 11.7 Å². The number of halogens is 2. The maximum atomic E-state index is 4.60. The van der Waals surface area contributed by atoms with Gasteiger partial charge in [0.1, 0.15) is 11.5 Å². The van der Waals surface area contributed by atoms with E-state index < -0.39 is 0 Å². The minimum Gasteiger partial charge on any atom is -0.373 e. The highest BCUT2D eigenvalue weighted by molar-refractivity contribution is 9.11. The number of hydrogen-bond donors (Lipinski definition) is 1. The molecular weight excluding hydrogens is 384 g/mol. The summed E-state index contributed by atoms with van der Waals surface area (Å²) < 4.78 is 1.78. The average molecular weight is 400 g/mol. The minimum absolute atomic E-state index is 0.368. The number of nitrogens with zero attached hydrogens (tertiary/aromatic N) is 3. The summed E-state index contributed by atoms with van der Waals surface area (Å²) in [5.74, 6) is 1.85. The quantitative estimate of drug-likeness (QED) is 0.823. The normalized spacial score (nSPS) is 10.9. The molecule has 0 amide bonds. The van der Waals surface area contributed by atoms with Crippen LogP contribution in [0.2, 0.25) is 0 Å². The van der Waals surface area contributed by atoms with Crippen LogP contribution in [-0.2, 0) is 0 Å². The standard InChI is InChI=1S/C14H16Br2N4/c1-7(2)11-8(3)19-14(20-13(11)17-4)12-10(16)5-9(15)6-18-12/h5-7H,1-4H3,(H,17,19,20). The first-order valence-electron chi connectivity index (χ1n) is 6.31. The lowest BCUT2D eigenvalue weighted by Crippen LogP contribution is -2.07. The zero-order chi connectivity index (χ0) is 14.9. The molecule has 0 spiro atoms. The van der Waals surface area contributed by atoms with Gasteiger partial charge in [0.2, 0.25) is 0 Å². The number of aromatic nitrogens is 3. The summed E-state index contributed by atoms with van der Waals surface area (Å²) in [6, 6.07) is 1.94. The molecule has 0 aliphatic carbocycles. The van der Waals surface area contributed by atoms with Crippen molar-refractivity contribution in [3.63, 3.8) is 0 Å². The second-order valence-corrected chi connectivity index (χ2v) is 6.55. The van der Waals surface area contributed by atoms with Gasteiger partial charge in [-0.15, -0.1) is 0 Å². The van der Waals surface area contributed by atoms with E-state index in [4.69, 9.17) is 0 Å². The molecule has 4 nitrogen and oxygen atoms in total. The summed E-state index contributed by atoms with van der Waals surface area (Å²) >= 11 is 6.91. The molecule has 0 aliphatic rings. The molecule has 1 N–H and O–H groups in total. The number of aryl methyl sites for hydroxylation is 1. The number of pyridine rings is 1. The van der Waals surface area contributed by atoms with Crippen molar-refractivity contribution in [1.29, 1.82) is 0 Å². The molecule has 0 fully saturated rings. The lowest BCUT2D eigenvalue weighted by molar-refractivity contribution is 0.833. The van der Waals surface area contributed by atoms with E-state index in [-0.39, 0.29) is 0 Å². The molecule has 0 saturated heterocycles. The Balaban J connectivity index is 2.61. The van der Waals surface area contributed by atoms with Gasteiger partial charge in [-0.05, 0) is 50.8 Å². The first-order chi connectivity index (χ1) is 9.43. The largest absolute Gasteiger partial charge is 0.373 e. The van der Waals surface area contributed by atoms with Crippen molar-refractivity contribution in [1.82, 2.24) is 15.0 Å². The van der Waals surface area contributed by atoms with Gasteiger partial charge in [0, 0.05) is 33.4 Å². The summed E-state index contributed by atoms with van der Waals surface area (Å²) in [5.41, 5.74) is 2.86. The maximum absolute atomic E-state index is 4.60. The average Bonchev–Trinajstić information content (AvgIpc) is 2.37. The first-order valence-corrected chi connectivity index (χ1v) is 7.90. The number of nitrogens with one attached hydrogen (secondary N) is 1. The molecule has 0 saturated carbocycles. The predicted octanol–water partition coefficient (Wildman–Crippen LogP) is 4.54. The highest BCUT2D eigenvalue weighted by Crippen LogP contribution is 2.30. The van der Waals surface area contributed by atoms with Crippen molar-refractivity contribution in [2.75, 3.05) is 12.4 Å². The second kappa shape index (κ2) is 6.18. The van der Waals surface area contributed by atoms with Crippen LogP contribution in [0, 0.1) is 6.92 Å². The van der Waals surface area contributed by atoms with Crippen LogP contribution in [0.4, 0.5) is 5.82 Å². The van der Waals surface area contributed by atoms with E-state index in [2.05, 4.69) is 66.0 Å². The Hall–Kier alpha value is -1.01. The Morgan fingerprint density at radius 3 is 2.45 bits per heavy atom. The Morgan fingerprint density at radius 2 is 1.90 bits per heavy atom. The third-order valence-corrected chi connectivity index (χ3v) is 4.01. The lowest BCUT2D eigenvalue weighted by atomic mass is 10.0. The fraction of sp³-hybridized carbons (Fsp3) is 0.357. The van der Waals surface area contributed by atoms with Crippen LogP contribution in [0.5, 0.6) is 0 Å². The van der Waals surface area contributed by atoms with Gasteiger partial charge in [-0.1, -0.05) is 13.8 Å². The van der Waals surface area contributed by atoms with E-state index in [1.807, 2.05) is 20.0 Å². The van der Waals surface area contributed by atoms with E-state index in [9.17, 15) is 0 Å². The van der Waals surface area contributed by atoms with Gasteiger partial charge >= 0.3 is 0 Å². The Labute approximate surface area is 135 Å². The Bertz CT molecular complexity index is 641. The highest BCUT2D eigenvalue weighted by Gasteiger charge is 2.16. The van der Waals surface area contributed by atoms with Crippen LogP contribution in [0.25, 0.3) is 11.5 Å². The first kappa shape index (κ1) is 15.4. The van der Waals surface area contributed by atoms with Gasteiger partial charge in [0.25, 0.3) is 0 Å². The molecule has 0 radical (unpaired) electrons. The van der Waals surface area contributed by atoms with Gasteiger partial charge in [0.05, 0.1) is 0 Å². The zero-order valence-corrected chi connectivity index (χ0v) is 15.0. The molecule has 106 valence electrons. The highest BCUT2D eigenvalue weighted by atomic mass is 79.9. The van der Waals surface area contributed by atoms with Gasteiger partial charge < -0.3 is 5.32 Å². The molecule has 0 unspecified atom stereocenters. The third-order valence-electron chi connectivity index (χ3n) is 2.97. The lowest BCUT2D eigenvalue weighted by Gasteiger charge is -2.15. The second-order valence-electron chi connectivity index (χ2n) is 4.78. The minimum atomic E-state index is 0.368. The third kappa shape index (κ3) is 3.01. The summed E-state index contributed by atoms with van der Waals surface area (Å²) in [7, 11) is 1.88. The van der Waals surface area contributed by atoms with Crippen LogP contribution in [0.1, 0.15) is 31.0 Å². The van der Waals surface area contributed by atoms with Crippen molar-refractivity contribution < 1.29 is 0 Å². The zero-order valence-electron chi connectivity index (χ0n) is 11.8. The molecule has 0 aromatic carbocycles. The molecule has 2 heterocycles. The van der Waals surface area contributed by atoms with E-state index in [1.165, 1.54) is 0 Å². The van der Waals surface area contributed by atoms with E-state index >= 15 is 0 Å². The van der Waals surface area contributed by atoms with Gasteiger partial charge in [-0.2, -0.15) is 0 Å². The number of hydrogen-bond acceptors (Lipinski definition) is 4. The summed E-state index contributed by atoms with van der Waals surface area (Å²) in [4.78, 5) is 13.6. The van der Waals surface area contributed by atoms with Crippen LogP contribution in [0.3, 0.4) is 0 Å². The molecule has 2 aromatic heterocycles. The molecule has 2 aromatic rings. The molecule has 0 atom stereocenters. The smallest absolute Gasteiger partial charge is 0.181 e. The van der Waals surface area contributed by atoms with Crippen molar-refractivity contribution in [3.05, 3.63) is 32.5 Å². The molecular formula is C14H16Br2N4. The van der Waals surface area contributed by atoms with Gasteiger partial charge in [-0.25, -0.2) is 9.97 Å². The Morgan fingerprint density at radius 1 is 1.20 bits per heavy atom. The molecule has 0 bridgehead atoms. The SMILES string of the molecule is CNc1nc(-c2ncc(Br)cc2Br)nc(C)c1C(C)C. The monoisotopic (exact) mass is 398 g/mol. The van der Waals surface area contributed by atoms with Crippen LogP contribution < -0.4 is 5.32 Å². The van der Waals surface area contributed by atoms with Crippen molar-refractivity contribution in [3.8, 4) is 11.5 Å². The van der Waals surface area contributed by atoms with E-state index in [0.717, 1.165) is 31.7 Å². The summed E-state index contributed by atoms with van der Waals surface area (Å²) in [6.07, 6.45) is 1.74. The van der Waals surface area contributed by atoms with Gasteiger partial charge in [-0.3, -0.25) is 4.98 Å². The Kier molecular flexibility index (Phi) is 4.75. The van der Waals surface area contributed by atoms with Crippen LogP contribution >= 0.6 is 31.9 Å². The molecule has 2 rings (SSSR count). The van der Waals surface area contributed by atoms with Crippen LogP contribution in [-0.4, -0.2) is 22.0 Å². The van der Waals surface area contributed by atoms with Crippen molar-refractivity contribution >= 4 is 37.7 Å². The number of anilines is 1. The molecule has 20 heavy (non-hydrogen) atoms. The van der Waals surface area contributed by atoms with Crippen molar-refractivity contribution in [2.24, 2.45) is 0 Å². The summed E-state index contributed by atoms with van der Waals surface area (Å²) in [6.45, 7) is 6.29. The fourth-order valence-electron chi connectivity index (χ4n) is 2.15. The van der Waals surface area contributed by atoms with Gasteiger partial charge in [0.15, 0.2) is 5.82 Å².